The lowest BCUT2D eigenvalue weighted by Gasteiger charge is -2.08. The number of hydrogen-bond acceptors (Lipinski definition) is 5. The highest BCUT2D eigenvalue weighted by molar-refractivity contribution is 7.73. The summed E-state index contributed by atoms with van der Waals surface area (Å²) in [7, 11) is 0. The van der Waals surface area contributed by atoms with Crippen molar-refractivity contribution < 1.29 is 9.90 Å². The second kappa shape index (κ2) is 6.94. The zero-order chi connectivity index (χ0) is 19.0. The van der Waals surface area contributed by atoms with Crippen molar-refractivity contribution in [2.45, 2.75) is 6.92 Å². The number of rotatable bonds is 3. The van der Waals surface area contributed by atoms with Crippen molar-refractivity contribution >= 4 is 53.0 Å². The first kappa shape index (κ1) is 17.4. The smallest absolute Gasteiger partial charge is 0.270 e. The van der Waals surface area contributed by atoms with Gasteiger partial charge in [0.15, 0.2) is 3.95 Å². The summed E-state index contributed by atoms with van der Waals surface area (Å²) in [6, 6.07) is 15.0. The van der Waals surface area contributed by atoms with Crippen molar-refractivity contribution in [2.75, 3.05) is 5.43 Å². The van der Waals surface area contributed by atoms with E-state index in [2.05, 4.69) is 10.4 Å². The van der Waals surface area contributed by atoms with Crippen LogP contribution in [0.25, 0.3) is 11.6 Å². The summed E-state index contributed by atoms with van der Waals surface area (Å²) in [6.45, 7) is 1.91. The van der Waals surface area contributed by atoms with E-state index in [-0.39, 0.29) is 11.8 Å². The Balaban J connectivity index is 1.65. The molecule has 0 saturated carbocycles. The Bertz CT molecular complexity index is 1170. The minimum absolute atomic E-state index is 0.101. The van der Waals surface area contributed by atoms with Crippen LogP contribution in [-0.4, -0.2) is 21.9 Å². The Labute approximate surface area is 164 Å². The Morgan fingerprint density at radius 1 is 1.26 bits per heavy atom. The molecule has 7 heteroatoms. The summed E-state index contributed by atoms with van der Waals surface area (Å²) >= 11 is 6.53. The average Bonchev–Trinajstić information content (AvgIpc) is 3.18. The minimum atomic E-state index is -0.338. The summed E-state index contributed by atoms with van der Waals surface area (Å²) in [5.41, 5.74) is 6.90. The molecular weight excluding hydrogens is 378 g/mol. The van der Waals surface area contributed by atoms with Crippen molar-refractivity contribution in [3.63, 3.8) is 0 Å². The van der Waals surface area contributed by atoms with Crippen molar-refractivity contribution in [3.8, 4) is 5.88 Å². The van der Waals surface area contributed by atoms with E-state index >= 15 is 0 Å². The topological polar surface area (TPSA) is 66.6 Å². The molecule has 0 fully saturated rings. The first-order valence-corrected chi connectivity index (χ1v) is 9.43. The predicted octanol–water partition coefficient (Wildman–Crippen LogP) is 4.93. The fourth-order valence-corrected chi connectivity index (χ4v) is 4.00. The van der Waals surface area contributed by atoms with Crippen molar-refractivity contribution in [1.82, 2.24) is 4.68 Å². The Kier molecular flexibility index (Phi) is 4.47. The van der Waals surface area contributed by atoms with E-state index in [0.717, 1.165) is 22.4 Å². The zero-order valence-corrected chi connectivity index (χ0v) is 16.0. The molecule has 1 amide bonds. The Hall–Kier alpha value is -3.03. The number of nitrogens with one attached hydrogen (secondary N) is 1. The minimum Gasteiger partial charge on any atom is -0.492 e. The molecular formula is C20H15N3O2S2. The molecule has 0 atom stereocenters. The third-order valence-corrected chi connectivity index (χ3v) is 5.46. The van der Waals surface area contributed by atoms with E-state index in [1.54, 1.807) is 18.3 Å². The number of aliphatic imine (C=N–C) groups is 1. The number of para-hydroxylation sites is 1. The molecule has 0 aliphatic carbocycles. The third kappa shape index (κ3) is 3.34. The van der Waals surface area contributed by atoms with Crippen LogP contribution >= 0.6 is 23.6 Å². The van der Waals surface area contributed by atoms with Crippen LogP contribution in [0, 0.1) is 10.9 Å². The van der Waals surface area contributed by atoms with Gasteiger partial charge in [0.05, 0.1) is 10.6 Å². The number of aromatic hydroxyl groups is 1. The number of carbonyl (C=O) groups excluding carboxylic acids is 1. The molecule has 0 radical (unpaired) electrons. The summed E-state index contributed by atoms with van der Waals surface area (Å²) in [4.78, 5) is 17.4. The highest BCUT2D eigenvalue weighted by atomic mass is 32.1. The lowest BCUT2D eigenvalue weighted by atomic mass is 10.1. The molecule has 0 unspecified atom stereocenters. The van der Waals surface area contributed by atoms with Crippen LogP contribution < -0.4 is 5.43 Å². The predicted molar refractivity (Wildman–Crippen MR) is 112 cm³/mol. The standard InChI is InChI=1S/C20H15N3O2S2/c1-12-5-4-6-13(9-12)18(24)22-23-19(25)17(27-20(23)26)10-14-11-21-16-8-3-2-7-15(14)16/h2-11,25H,1H3,(H,22,24)/b14-10-. The van der Waals surface area contributed by atoms with Crippen LogP contribution in [0.5, 0.6) is 5.88 Å². The van der Waals surface area contributed by atoms with Crippen LogP contribution in [-0.2, 0) is 0 Å². The molecule has 4 rings (SSSR count). The van der Waals surface area contributed by atoms with Crippen molar-refractivity contribution in [1.29, 1.82) is 0 Å². The molecule has 5 nitrogen and oxygen atoms in total. The third-order valence-electron chi connectivity index (χ3n) is 4.15. The molecule has 2 N–H and O–H groups in total. The Morgan fingerprint density at radius 2 is 2.07 bits per heavy atom. The number of aromatic nitrogens is 1. The number of allylic oxidation sites excluding steroid dienone is 1. The molecule has 3 aromatic rings. The van der Waals surface area contributed by atoms with Gasteiger partial charge in [0.1, 0.15) is 0 Å². The highest BCUT2D eigenvalue weighted by Crippen LogP contribution is 2.35. The van der Waals surface area contributed by atoms with E-state index in [4.69, 9.17) is 12.2 Å². The molecule has 1 aliphatic heterocycles. The van der Waals surface area contributed by atoms with Crippen LogP contribution in [0.2, 0.25) is 0 Å². The zero-order valence-electron chi connectivity index (χ0n) is 14.3. The summed E-state index contributed by atoms with van der Waals surface area (Å²) in [5.74, 6) is -0.439. The number of carbonyl (C=O) groups is 1. The van der Waals surface area contributed by atoms with Gasteiger partial charge in [-0.25, -0.2) is 0 Å². The molecule has 27 heavy (non-hydrogen) atoms. The van der Waals surface area contributed by atoms with Gasteiger partial charge in [-0.2, -0.15) is 4.68 Å². The lowest BCUT2D eigenvalue weighted by Crippen LogP contribution is -2.22. The van der Waals surface area contributed by atoms with Crippen LogP contribution in [0.4, 0.5) is 5.69 Å². The maximum atomic E-state index is 12.5. The second-order valence-corrected chi connectivity index (χ2v) is 7.75. The number of hydrogen-bond donors (Lipinski definition) is 2. The highest BCUT2D eigenvalue weighted by Gasteiger charge is 2.17. The number of aryl methyl sites for hydroxylation is 1. The SMILES string of the molecule is Cc1cccc(C(=O)Nn2c(O)c(/C=C3/C=Nc4ccccc43)sc2=S)c1. The summed E-state index contributed by atoms with van der Waals surface area (Å²) < 4.78 is 1.58. The second-order valence-electron chi connectivity index (χ2n) is 6.08. The first-order valence-electron chi connectivity index (χ1n) is 8.21. The molecule has 134 valence electrons. The van der Waals surface area contributed by atoms with Crippen LogP contribution in [0.1, 0.15) is 26.4 Å². The molecule has 1 aliphatic rings. The normalized spacial score (nSPS) is 13.7. The van der Waals surface area contributed by atoms with Crippen molar-refractivity contribution in [3.05, 3.63) is 74.1 Å². The van der Waals surface area contributed by atoms with Crippen LogP contribution in [0.3, 0.4) is 0 Å². The van der Waals surface area contributed by atoms with Gasteiger partial charge in [-0.15, -0.1) is 0 Å². The van der Waals surface area contributed by atoms with E-state index in [1.807, 2.05) is 49.4 Å². The van der Waals surface area contributed by atoms with E-state index in [0.29, 0.717) is 14.4 Å². The maximum absolute atomic E-state index is 12.5. The fourth-order valence-electron chi connectivity index (χ4n) is 2.82. The van der Waals surface area contributed by atoms with Gasteiger partial charge in [-0.05, 0) is 43.4 Å². The average molecular weight is 393 g/mol. The van der Waals surface area contributed by atoms with Gasteiger partial charge in [-0.3, -0.25) is 15.2 Å². The van der Waals surface area contributed by atoms with Gasteiger partial charge in [0.25, 0.3) is 5.91 Å². The monoisotopic (exact) mass is 393 g/mol. The van der Waals surface area contributed by atoms with Gasteiger partial charge >= 0.3 is 0 Å². The number of thiazole rings is 1. The molecule has 0 spiro atoms. The Morgan fingerprint density at radius 3 is 2.89 bits per heavy atom. The van der Waals surface area contributed by atoms with Crippen LogP contribution in [0.15, 0.2) is 53.5 Å². The van der Waals surface area contributed by atoms with E-state index < -0.39 is 0 Å². The van der Waals surface area contributed by atoms with E-state index in [9.17, 15) is 9.90 Å². The summed E-state index contributed by atoms with van der Waals surface area (Å²) in [5, 5.41) is 10.6. The molecule has 1 aromatic heterocycles. The molecule has 2 aromatic carbocycles. The molecule has 0 saturated heterocycles. The fraction of sp³-hybridized carbons (Fsp3) is 0.0500. The lowest BCUT2D eigenvalue weighted by molar-refractivity contribution is 0.101. The number of benzene rings is 2. The first-order chi connectivity index (χ1) is 13.0. The number of amides is 1. The van der Waals surface area contributed by atoms with Gasteiger partial charge in [0.2, 0.25) is 5.88 Å². The van der Waals surface area contributed by atoms with Gasteiger partial charge in [-0.1, -0.05) is 47.2 Å². The maximum Gasteiger partial charge on any atom is 0.270 e. The van der Waals surface area contributed by atoms with Crippen molar-refractivity contribution in [2.24, 2.45) is 4.99 Å². The summed E-state index contributed by atoms with van der Waals surface area (Å²) in [6.07, 6.45) is 3.57. The van der Waals surface area contributed by atoms with Gasteiger partial charge in [0, 0.05) is 22.9 Å². The van der Waals surface area contributed by atoms with Gasteiger partial charge < -0.3 is 5.11 Å². The largest absolute Gasteiger partial charge is 0.492 e. The molecule has 0 bridgehead atoms. The molecule has 2 heterocycles. The quantitative estimate of drug-likeness (QED) is 0.620. The number of fused-ring (bicyclic) bond motifs is 1. The number of nitrogens with zero attached hydrogens (tertiary/aromatic N) is 2. The van der Waals surface area contributed by atoms with E-state index in [1.165, 1.54) is 16.0 Å².